The summed E-state index contributed by atoms with van der Waals surface area (Å²) in [7, 11) is 3.00. The monoisotopic (exact) mass is 487 g/mol. The maximum atomic E-state index is 13.7. The number of nitrogens with zero attached hydrogens (tertiary/aromatic N) is 3. The highest BCUT2D eigenvalue weighted by Gasteiger charge is 2.45. The van der Waals surface area contributed by atoms with Gasteiger partial charge in [0.2, 0.25) is 5.78 Å². The standard InChI is InChI=1S/C27H25N3O6/c1-34-20-10-5-8-18(26(20)35-2)23-22(24(31)21-15-17-7-3-4-9-19(17)36-21)25(32)27(33)30(23)13-6-12-29-14-11-28-16-29/h3-5,7-11,14-16,23,32H,6,12-13H2,1-2H3/t23-/m1/s1. The fraction of sp³-hybridized carbons (Fsp3) is 0.222. The molecule has 1 aliphatic rings. The number of methoxy groups -OCH3 is 2. The van der Waals surface area contributed by atoms with Gasteiger partial charge in [0.05, 0.1) is 32.2 Å². The van der Waals surface area contributed by atoms with E-state index < -0.39 is 23.5 Å². The Morgan fingerprint density at radius 1 is 1.11 bits per heavy atom. The van der Waals surface area contributed by atoms with Crippen LogP contribution in [0.2, 0.25) is 0 Å². The lowest BCUT2D eigenvalue weighted by molar-refractivity contribution is -0.129. The van der Waals surface area contributed by atoms with Gasteiger partial charge in [-0.1, -0.05) is 30.3 Å². The van der Waals surface area contributed by atoms with E-state index in [2.05, 4.69) is 4.98 Å². The summed E-state index contributed by atoms with van der Waals surface area (Å²) in [6.07, 6.45) is 5.79. The highest BCUT2D eigenvalue weighted by molar-refractivity contribution is 6.16. The van der Waals surface area contributed by atoms with Gasteiger partial charge in [0.25, 0.3) is 5.91 Å². The Balaban J connectivity index is 1.57. The molecule has 1 atom stereocenters. The van der Waals surface area contributed by atoms with Crippen molar-refractivity contribution in [3.8, 4) is 11.5 Å². The Morgan fingerprint density at radius 2 is 1.94 bits per heavy atom. The van der Waals surface area contributed by atoms with Crippen LogP contribution in [-0.4, -0.2) is 52.0 Å². The van der Waals surface area contributed by atoms with Crippen molar-refractivity contribution in [1.29, 1.82) is 0 Å². The van der Waals surface area contributed by atoms with Crippen LogP contribution in [0.1, 0.15) is 28.6 Å². The van der Waals surface area contributed by atoms with Crippen molar-refractivity contribution in [3.63, 3.8) is 0 Å². The molecule has 1 N–H and O–H groups in total. The summed E-state index contributed by atoms with van der Waals surface area (Å²) in [5.41, 5.74) is 1.00. The number of carbonyl (C=O) groups excluding carboxylic acids is 2. The number of amides is 1. The number of hydrogen-bond acceptors (Lipinski definition) is 7. The van der Waals surface area contributed by atoms with Gasteiger partial charge in [-0.15, -0.1) is 0 Å². The smallest absolute Gasteiger partial charge is 0.290 e. The SMILES string of the molecule is COc1cccc([C@@H]2C(C(=O)c3cc4ccccc4o3)=C(O)C(=O)N2CCCn2ccnc2)c1OC. The van der Waals surface area contributed by atoms with Crippen molar-refractivity contribution in [2.24, 2.45) is 0 Å². The molecule has 9 nitrogen and oxygen atoms in total. The van der Waals surface area contributed by atoms with Crippen molar-refractivity contribution in [2.45, 2.75) is 19.0 Å². The molecular formula is C27H25N3O6. The third-order valence-electron chi connectivity index (χ3n) is 6.30. The molecule has 0 saturated heterocycles. The number of Topliss-reactive ketones (excluding diaryl/α,β-unsaturated/α-hetero) is 1. The number of hydrogen-bond donors (Lipinski definition) is 1. The summed E-state index contributed by atoms with van der Waals surface area (Å²) < 4.78 is 18.8. The topological polar surface area (TPSA) is 107 Å². The van der Waals surface area contributed by atoms with E-state index >= 15 is 0 Å². The van der Waals surface area contributed by atoms with Gasteiger partial charge in [-0.3, -0.25) is 9.59 Å². The Labute approximate surface area is 207 Å². The molecule has 9 heteroatoms. The van der Waals surface area contributed by atoms with Crippen LogP contribution in [0, 0.1) is 0 Å². The fourth-order valence-electron chi connectivity index (χ4n) is 4.64. The number of para-hydroxylation sites is 2. The number of benzene rings is 2. The van der Waals surface area contributed by atoms with Crippen LogP contribution in [0.5, 0.6) is 11.5 Å². The summed E-state index contributed by atoms with van der Waals surface area (Å²) >= 11 is 0. The number of carbonyl (C=O) groups is 2. The molecule has 1 amide bonds. The first-order chi connectivity index (χ1) is 17.5. The third-order valence-corrected chi connectivity index (χ3v) is 6.30. The van der Waals surface area contributed by atoms with Gasteiger partial charge >= 0.3 is 0 Å². The van der Waals surface area contributed by atoms with E-state index in [0.29, 0.717) is 35.6 Å². The van der Waals surface area contributed by atoms with Gasteiger partial charge < -0.3 is 28.5 Å². The van der Waals surface area contributed by atoms with Crippen molar-refractivity contribution in [3.05, 3.63) is 89.9 Å². The van der Waals surface area contributed by atoms with Gasteiger partial charge in [0.1, 0.15) is 5.58 Å². The Hall–Kier alpha value is -4.53. The van der Waals surface area contributed by atoms with Crippen LogP contribution >= 0.6 is 0 Å². The molecule has 0 aliphatic carbocycles. The number of furan rings is 1. The Morgan fingerprint density at radius 3 is 2.67 bits per heavy atom. The molecule has 0 unspecified atom stereocenters. The van der Waals surface area contributed by atoms with E-state index in [1.165, 1.54) is 19.1 Å². The number of imidazole rings is 1. The zero-order valence-electron chi connectivity index (χ0n) is 19.9. The molecule has 3 heterocycles. The molecule has 1 aliphatic heterocycles. The molecule has 184 valence electrons. The molecule has 2 aromatic carbocycles. The molecule has 0 saturated carbocycles. The molecule has 5 rings (SSSR count). The number of aromatic nitrogens is 2. The molecule has 2 aromatic heterocycles. The van der Waals surface area contributed by atoms with E-state index in [9.17, 15) is 14.7 Å². The predicted molar refractivity (Wildman–Crippen MR) is 131 cm³/mol. The molecular weight excluding hydrogens is 462 g/mol. The summed E-state index contributed by atoms with van der Waals surface area (Å²) in [6.45, 7) is 0.891. The van der Waals surface area contributed by atoms with E-state index in [-0.39, 0.29) is 17.9 Å². The first kappa shape index (κ1) is 23.2. The summed E-state index contributed by atoms with van der Waals surface area (Å²) in [5, 5.41) is 11.7. The fourth-order valence-corrected chi connectivity index (χ4v) is 4.64. The van der Waals surface area contributed by atoms with Crippen molar-refractivity contribution < 1.29 is 28.6 Å². The minimum atomic E-state index is -0.897. The normalized spacial score (nSPS) is 15.7. The van der Waals surface area contributed by atoms with Gasteiger partial charge in [-0.2, -0.15) is 0 Å². The number of aliphatic hydroxyl groups excluding tert-OH is 1. The highest BCUT2D eigenvalue weighted by atomic mass is 16.5. The van der Waals surface area contributed by atoms with E-state index in [0.717, 1.165) is 5.39 Å². The average molecular weight is 488 g/mol. The molecule has 4 aromatic rings. The van der Waals surface area contributed by atoms with Crippen LogP contribution in [0.15, 0.2) is 83.0 Å². The first-order valence-electron chi connectivity index (χ1n) is 11.5. The highest BCUT2D eigenvalue weighted by Crippen LogP contribution is 2.45. The first-order valence-corrected chi connectivity index (χ1v) is 11.5. The summed E-state index contributed by atoms with van der Waals surface area (Å²) in [5.74, 6) is -0.931. The number of ketones is 1. The van der Waals surface area contributed by atoms with Crippen LogP contribution < -0.4 is 9.47 Å². The second-order valence-corrected chi connectivity index (χ2v) is 8.38. The molecule has 0 radical (unpaired) electrons. The Bertz CT molecular complexity index is 1420. The quantitative estimate of drug-likeness (QED) is 0.351. The van der Waals surface area contributed by atoms with Crippen LogP contribution in [-0.2, 0) is 11.3 Å². The largest absolute Gasteiger partial charge is 0.503 e. The minimum Gasteiger partial charge on any atom is -0.503 e. The number of aryl methyl sites for hydroxylation is 1. The van der Waals surface area contributed by atoms with Gasteiger partial charge in [-0.25, -0.2) is 4.98 Å². The lowest BCUT2D eigenvalue weighted by atomic mass is 9.94. The molecule has 0 bridgehead atoms. The number of rotatable bonds is 9. The average Bonchev–Trinajstić information content (AvgIpc) is 3.63. The lowest BCUT2D eigenvalue weighted by Gasteiger charge is -2.28. The minimum absolute atomic E-state index is 0.0395. The zero-order valence-corrected chi connectivity index (χ0v) is 19.9. The van der Waals surface area contributed by atoms with Crippen molar-refractivity contribution >= 4 is 22.7 Å². The van der Waals surface area contributed by atoms with Gasteiger partial charge in [-0.05, 0) is 24.6 Å². The number of fused-ring (bicyclic) bond motifs is 1. The maximum absolute atomic E-state index is 13.7. The van der Waals surface area contributed by atoms with Crippen molar-refractivity contribution in [1.82, 2.24) is 14.5 Å². The Kier molecular flexibility index (Phi) is 6.20. The zero-order chi connectivity index (χ0) is 25.2. The van der Waals surface area contributed by atoms with E-state index in [4.69, 9.17) is 13.9 Å². The maximum Gasteiger partial charge on any atom is 0.290 e. The summed E-state index contributed by atoms with van der Waals surface area (Å²) in [4.78, 5) is 32.6. The summed E-state index contributed by atoms with van der Waals surface area (Å²) in [6, 6.07) is 13.2. The predicted octanol–water partition coefficient (Wildman–Crippen LogP) is 4.32. The van der Waals surface area contributed by atoms with Crippen molar-refractivity contribution in [2.75, 3.05) is 20.8 Å². The number of ether oxygens (including phenoxy) is 2. The molecule has 0 spiro atoms. The van der Waals surface area contributed by atoms with Gasteiger partial charge in [0, 0.05) is 36.4 Å². The van der Waals surface area contributed by atoms with Gasteiger partial charge in [0.15, 0.2) is 23.0 Å². The third kappa shape index (κ3) is 3.98. The second kappa shape index (κ2) is 9.61. The lowest BCUT2D eigenvalue weighted by Crippen LogP contribution is -2.32. The molecule has 36 heavy (non-hydrogen) atoms. The van der Waals surface area contributed by atoms with Crippen LogP contribution in [0.4, 0.5) is 0 Å². The van der Waals surface area contributed by atoms with E-state index in [1.54, 1.807) is 42.9 Å². The van der Waals surface area contributed by atoms with Crippen LogP contribution in [0.3, 0.4) is 0 Å². The second-order valence-electron chi connectivity index (χ2n) is 8.38. The molecule has 0 fully saturated rings. The van der Waals surface area contributed by atoms with Crippen LogP contribution in [0.25, 0.3) is 11.0 Å². The number of aliphatic hydroxyl groups is 1. The van der Waals surface area contributed by atoms with E-state index in [1.807, 2.05) is 29.0 Å².